The Hall–Kier alpha value is -2.09. The van der Waals surface area contributed by atoms with Gasteiger partial charge in [0.15, 0.2) is 17.5 Å². The van der Waals surface area contributed by atoms with Crippen LogP contribution in [0, 0.1) is 17.5 Å². The predicted molar refractivity (Wildman–Crippen MR) is 87.5 cm³/mol. The van der Waals surface area contributed by atoms with Crippen molar-refractivity contribution in [1.29, 1.82) is 0 Å². The topological polar surface area (TPSA) is 61.4 Å². The first-order valence-corrected chi connectivity index (χ1v) is 8.36. The number of nitrogens with zero attached hydrogens (tertiary/aromatic N) is 1. The minimum absolute atomic E-state index is 0.110. The third-order valence-corrected chi connectivity index (χ3v) is 4.07. The van der Waals surface area contributed by atoms with Crippen molar-refractivity contribution in [3.63, 3.8) is 0 Å². The van der Waals surface area contributed by atoms with Crippen LogP contribution in [0.4, 0.5) is 18.9 Å². The van der Waals surface area contributed by atoms with Crippen LogP contribution in [0.5, 0.6) is 0 Å². The molecular formula is C17H22F3N3O2. The van der Waals surface area contributed by atoms with Crippen molar-refractivity contribution < 1.29 is 22.8 Å². The zero-order chi connectivity index (χ0) is 18.4. The minimum Gasteiger partial charge on any atom is -0.333 e. The second-order valence-corrected chi connectivity index (χ2v) is 6.08. The maximum Gasteiger partial charge on any atom is 0.244 e. The van der Waals surface area contributed by atoms with Crippen LogP contribution in [0.25, 0.3) is 0 Å². The summed E-state index contributed by atoms with van der Waals surface area (Å²) in [5.41, 5.74) is -0.453. The van der Waals surface area contributed by atoms with Gasteiger partial charge in [0, 0.05) is 19.0 Å². The lowest BCUT2D eigenvalue weighted by molar-refractivity contribution is -0.135. The van der Waals surface area contributed by atoms with Crippen LogP contribution in [0.2, 0.25) is 0 Å². The molecule has 5 nitrogen and oxygen atoms in total. The number of anilines is 1. The van der Waals surface area contributed by atoms with E-state index in [1.54, 1.807) is 0 Å². The molecule has 1 aliphatic heterocycles. The summed E-state index contributed by atoms with van der Waals surface area (Å²) >= 11 is 0. The number of rotatable bonds is 7. The van der Waals surface area contributed by atoms with Crippen molar-refractivity contribution >= 4 is 17.5 Å². The molecule has 138 valence electrons. The van der Waals surface area contributed by atoms with E-state index in [0.717, 1.165) is 31.5 Å². The van der Waals surface area contributed by atoms with Gasteiger partial charge in [-0.05, 0) is 37.9 Å². The largest absolute Gasteiger partial charge is 0.333 e. The highest BCUT2D eigenvalue weighted by Crippen LogP contribution is 2.19. The monoisotopic (exact) mass is 357 g/mol. The third-order valence-electron chi connectivity index (χ3n) is 4.07. The number of carbonyl (C=O) groups is 2. The van der Waals surface area contributed by atoms with Crippen molar-refractivity contribution in [3.8, 4) is 0 Å². The van der Waals surface area contributed by atoms with Crippen molar-refractivity contribution in [1.82, 2.24) is 10.2 Å². The Kier molecular flexibility index (Phi) is 6.81. The van der Waals surface area contributed by atoms with Crippen LogP contribution < -0.4 is 10.6 Å². The summed E-state index contributed by atoms with van der Waals surface area (Å²) < 4.78 is 39.7. The molecule has 25 heavy (non-hydrogen) atoms. The lowest BCUT2D eigenvalue weighted by Gasteiger charge is -2.23. The Morgan fingerprint density at radius 3 is 2.68 bits per heavy atom. The molecule has 1 unspecified atom stereocenters. The highest BCUT2D eigenvalue weighted by molar-refractivity contribution is 5.94. The maximum absolute atomic E-state index is 13.6. The molecular weight excluding hydrogens is 335 g/mol. The zero-order valence-corrected chi connectivity index (χ0v) is 14.1. The van der Waals surface area contributed by atoms with E-state index in [1.807, 2.05) is 6.92 Å². The fourth-order valence-electron chi connectivity index (χ4n) is 2.82. The molecule has 1 fully saturated rings. The molecule has 0 radical (unpaired) electrons. The first kappa shape index (κ1) is 19.2. The summed E-state index contributed by atoms with van der Waals surface area (Å²) in [6.45, 7) is 2.87. The summed E-state index contributed by atoms with van der Waals surface area (Å²) in [6.07, 6.45) is 2.89. The molecule has 1 heterocycles. The number of benzene rings is 1. The lowest BCUT2D eigenvalue weighted by Crippen LogP contribution is -2.41. The van der Waals surface area contributed by atoms with Crippen LogP contribution in [0.1, 0.15) is 32.6 Å². The van der Waals surface area contributed by atoms with Crippen molar-refractivity contribution in [2.24, 2.45) is 0 Å². The molecule has 1 aromatic rings. The van der Waals surface area contributed by atoms with E-state index in [2.05, 4.69) is 10.6 Å². The van der Waals surface area contributed by atoms with E-state index >= 15 is 0 Å². The maximum atomic E-state index is 13.6. The molecule has 8 heteroatoms. The van der Waals surface area contributed by atoms with Gasteiger partial charge in [-0.3, -0.25) is 9.59 Å². The smallest absolute Gasteiger partial charge is 0.244 e. The standard InChI is InChI=1S/C17H22F3N3O2/c1-2-8-23(15(25)9-11-4-3-7-21-11)10-14(24)22-13-6-5-12(18)16(19)17(13)20/h5-6,11,21H,2-4,7-10H2,1H3,(H,22,24). The molecule has 0 aliphatic carbocycles. The molecule has 0 aromatic heterocycles. The van der Waals surface area contributed by atoms with Crippen LogP contribution >= 0.6 is 0 Å². The second kappa shape index (κ2) is 8.84. The summed E-state index contributed by atoms with van der Waals surface area (Å²) in [5, 5.41) is 5.41. The van der Waals surface area contributed by atoms with Crippen LogP contribution in [-0.4, -0.2) is 42.4 Å². The summed E-state index contributed by atoms with van der Waals surface area (Å²) in [7, 11) is 0. The Morgan fingerprint density at radius 1 is 1.28 bits per heavy atom. The van der Waals surface area contributed by atoms with Gasteiger partial charge in [-0.1, -0.05) is 6.92 Å². The van der Waals surface area contributed by atoms with E-state index in [9.17, 15) is 22.8 Å². The number of nitrogens with one attached hydrogen (secondary N) is 2. The van der Waals surface area contributed by atoms with E-state index < -0.39 is 29.0 Å². The Labute approximate surface area is 144 Å². The summed E-state index contributed by atoms with van der Waals surface area (Å²) in [5.74, 6) is -5.26. The van der Waals surface area contributed by atoms with Crippen molar-refractivity contribution in [3.05, 3.63) is 29.6 Å². The van der Waals surface area contributed by atoms with Crippen LogP contribution in [0.15, 0.2) is 12.1 Å². The highest BCUT2D eigenvalue weighted by Gasteiger charge is 2.23. The van der Waals surface area contributed by atoms with Gasteiger partial charge in [-0.2, -0.15) is 0 Å². The SMILES string of the molecule is CCCN(CC(=O)Nc1ccc(F)c(F)c1F)C(=O)CC1CCCN1. The molecule has 0 saturated carbocycles. The number of halogens is 3. The van der Waals surface area contributed by atoms with Gasteiger partial charge in [-0.15, -0.1) is 0 Å². The fraction of sp³-hybridized carbons (Fsp3) is 0.529. The van der Waals surface area contributed by atoms with E-state index in [1.165, 1.54) is 4.90 Å². The number of amides is 2. The third kappa shape index (κ3) is 5.19. The second-order valence-electron chi connectivity index (χ2n) is 6.08. The van der Waals surface area contributed by atoms with E-state index in [-0.39, 0.29) is 18.5 Å². The normalized spacial score (nSPS) is 16.7. The summed E-state index contributed by atoms with van der Waals surface area (Å²) in [4.78, 5) is 25.8. The predicted octanol–water partition coefficient (Wildman–Crippen LogP) is 2.42. The molecule has 0 spiro atoms. The average molecular weight is 357 g/mol. The Balaban J connectivity index is 1.97. The van der Waals surface area contributed by atoms with Crippen molar-refractivity contribution in [2.75, 3.05) is 25.0 Å². The quantitative estimate of drug-likeness (QED) is 0.737. The highest BCUT2D eigenvalue weighted by atomic mass is 19.2. The molecule has 2 amide bonds. The van der Waals surface area contributed by atoms with E-state index in [4.69, 9.17) is 0 Å². The van der Waals surface area contributed by atoms with Crippen LogP contribution in [0.3, 0.4) is 0 Å². The van der Waals surface area contributed by atoms with E-state index in [0.29, 0.717) is 19.4 Å². The van der Waals surface area contributed by atoms with Gasteiger partial charge in [-0.25, -0.2) is 13.2 Å². The van der Waals surface area contributed by atoms with Gasteiger partial charge < -0.3 is 15.5 Å². The minimum atomic E-state index is -1.65. The van der Waals surface area contributed by atoms with Gasteiger partial charge in [0.25, 0.3) is 0 Å². The van der Waals surface area contributed by atoms with Gasteiger partial charge in [0.05, 0.1) is 12.2 Å². The van der Waals surface area contributed by atoms with Crippen LogP contribution in [-0.2, 0) is 9.59 Å². The molecule has 2 N–H and O–H groups in total. The first-order chi connectivity index (χ1) is 11.9. The molecule has 1 aromatic carbocycles. The Morgan fingerprint density at radius 2 is 2.04 bits per heavy atom. The Bertz CT molecular complexity index is 634. The number of carbonyl (C=O) groups excluding carboxylic acids is 2. The number of hydrogen-bond acceptors (Lipinski definition) is 3. The average Bonchev–Trinajstić information content (AvgIpc) is 3.08. The molecule has 1 atom stereocenters. The fourth-order valence-corrected chi connectivity index (χ4v) is 2.82. The van der Waals surface area contributed by atoms with Gasteiger partial charge >= 0.3 is 0 Å². The first-order valence-electron chi connectivity index (χ1n) is 8.36. The van der Waals surface area contributed by atoms with Gasteiger partial charge in [0.2, 0.25) is 11.8 Å². The molecule has 1 aliphatic rings. The number of hydrogen-bond donors (Lipinski definition) is 2. The zero-order valence-electron chi connectivity index (χ0n) is 14.1. The molecule has 2 rings (SSSR count). The molecule has 0 bridgehead atoms. The lowest BCUT2D eigenvalue weighted by atomic mass is 10.1. The summed E-state index contributed by atoms with van der Waals surface area (Å²) in [6, 6.07) is 1.79. The van der Waals surface area contributed by atoms with Gasteiger partial charge in [0.1, 0.15) is 0 Å². The molecule has 1 saturated heterocycles. The van der Waals surface area contributed by atoms with Crippen molar-refractivity contribution in [2.45, 2.75) is 38.6 Å².